The van der Waals surface area contributed by atoms with Gasteiger partial charge in [-0.2, -0.15) is 0 Å². The molecule has 0 aromatic heterocycles. The number of likely N-dealkylation sites (N-methyl/N-ethyl adjacent to an activating group) is 1. The Labute approximate surface area is 212 Å². The van der Waals surface area contributed by atoms with Crippen LogP contribution in [0.4, 0.5) is 0 Å². The molecule has 1 unspecified atom stereocenters. The first-order chi connectivity index (χ1) is 17.2. The van der Waals surface area contributed by atoms with Crippen LogP contribution >= 0.6 is 0 Å². The number of ketones is 1. The van der Waals surface area contributed by atoms with Crippen LogP contribution < -0.4 is 9.47 Å². The molecule has 8 heteroatoms. The third kappa shape index (κ3) is 6.51. The molecule has 192 valence electrons. The van der Waals surface area contributed by atoms with Crippen LogP contribution in [0, 0.1) is 0 Å². The highest BCUT2D eigenvalue weighted by Crippen LogP contribution is 2.39. The average Bonchev–Trinajstić information content (AvgIpc) is 3.10. The summed E-state index contributed by atoms with van der Waals surface area (Å²) in [6.45, 7) is 4.89. The molecule has 8 nitrogen and oxygen atoms in total. The zero-order chi connectivity index (χ0) is 26.2. The number of carbonyl (C=O) groups is 3. The molecular weight excluding hydrogens is 460 g/mol. The number of hydrogen-bond acceptors (Lipinski definition) is 7. The van der Waals surface area contributed by atoms with Gasteiger partial charge in [0.1, 0.15) is 17.3 Å². The number of aliphatic hydroxyl groups excluding tert-OH is 1. The van der Waals surface area contributed by atoms with E-state index in [2.05, 4.69) is 6.92 Å². The van der Waals surface area contributed by atoms with E-state index in [9.17, 15) is 19.5 Å². The summed E-state index contributed by atoms with van der Waals surface area (Å²) in [7, 11) is 3.76. The maximum Gasteiger partial charge on any atom is 0.308 e. The van der Waals surface area contributed by atoms with E-state index in [1.54, 1.807) is 48.5 Å². The molecule has 1 aliphatic heterocycles. The number of amides is 1. The number of ether oxygens (including phenoxy) is 2. The Morgan fingerprint density at radius 2 is 1.64 bits per heavy atom. The quantitative estimate of drug-likeness (QED) is 0.125. The molecule has 1 atom stereocenters. The molecule has 2 aromatic carbocycles. The van der Waals surface area contributed by atoms with Gasteiger partial charge in [0.25, 0.3) is 11.7 Å². The summed E-state index contributed by atoms with van der Waals surface area (Å²) in [5.74, 6) is -1.06. The highest BCUT2D eigenvalue weighted by molar-refractivity contribution is 6.46. The fourth-order valence-electron chi connectivity index (χ4n) is 4.06. The minimum atomic E-state index is -0.777. The predicted molar refractivity (Wildman–Crippen MR) is 137 cm³/mol. The first-order valence-corrected chi connectivity index (χ1v) is 12.2. The van der Waals surface area contributed by atoms with Crippen LogP contribution in [0.1, 0.15) is 50.3 Å². The Hall–Kier alpha value is -3.65. The van der Waals surface area contributed by atoms with Gasteiger partial charge in [0, 0.05) is 25.6 Å². The Bertz CT molecular complexity index is 1110. The molecule has 1 N–H and O–H groups in total. The van der Waals surface area contributed by atoms with Gasteiger partial charge in [-0.05, 0) is 62.5 Å². The van der Waals surface area contributed by atoms with Crippen molar-refractivity contribution in [2.24, 2.45) is 0 Å². The van der Waals surface area contributed by atoms with E-state index in [0.29, 0.717) is 42.3 Å². The Morgan fingerprint density at radius 1 is 1.00 bits per heavy atom. The van der Waals surface area contributed by atoms with E-state index < -0.39 is 23.7 Å². The Morgan fingerprint density at radius 3 is 2.22 bits per heavy atom. The van der Waals surface area contributed by atoms with Gasteiger partial charge in [0.05, 0.1) is 18.2 Å². The zero-order valence-corrected chi connectivity index (χ0v) is 21.3. The van der Waals surface area contributed by atoms with E-state index in [1.807, 2.05) is 19.0 Å². The van der Waals surface area contributed by atoms with Crippen LogP contribution in [0.15, 0.2) is 54.1 Å². The van der Waals surface area contributed by atoms with Crippen molar-refractivity contribution in [2.75, 3.05) is 33.8 Å². The van der Waals surface area contributed by atoms with Crippen LogP contribution in [0.2, 0.25) is 0 Å². The summed E-state index contributed by atoms with van der Waals surface area (Å²) in [5, 5.41) is 11.2. The van der Waals surface area contributed by atoms with Gasteiger partial charge in [-0.25, -0.2) is 0 Å². The van der Waals surface area contributed by atoms with E-state index in [-0.39, 0.29) is 11.3 Å². The predicted octanol–water partition coefficient (Wildman–Crippen LogP) is 4.16. The number of aliphatic hydroxyl groups is 1. The smallest absolute Gasteiger partial charge is 0.308 e. The summed E-state index contributed by atoms with van der Waals surface area (Å²) >= 11 is 0. The van der Waals surface area contributed by atoms with Gasteiger partial charge >= 0.3 is 5.97 Å². The van der Waals surface area contributed by atoms with Gasteiger partial charge in [-0.15, -0.1) is 0 Å². The number of rotatable bonds is 11. The molecular formula is C28H34N2O6. The fraction of sp³-hybridized carbons (Fsp3) is 0.393. The Kier molecular flexibility index (Phi) is 9.25. The first kappa shape index (κ1) is 26.9. The Balaban J connectivity index is 1.96. The standard InChI is InChI=1S/C28H34N2O6/c1-5-6-7-18-35-22-12-10-21(11-13-22)26(32)24-25(20-8-14-23(15-9-20)36-19(2)31)30(17-16-29(3)4)28(34)27(24)33/h8-15,25,32H,5-7,16-18H2,1-4H3/b26-24-. The summed E-state index contributed by atoms with van der Waals surface area (Å²) in [4.78, 5) is 40.8. The second-order valence-corrected chi connectivity index (χ2v) is 9.04. The normalized spacial score (nSPS) is 17.0. The number of Topliss-reactive ketones (excluding diaryl/α,β-unsaturated/α-hetero) is 1. The second-order valence-electron chi connectivity index (χ2n) is 9.04. The number of nitrogens with zero attached hydrogens (tertiary/aromatic N) is 2. The number of likely N-dealkylation sites (tertiary alicyclic amines) is 1. The number of esters is 1. The lowest BCUT2D eigenvalue weighted by molar-refractivity contribution is -0.140. The SMILES string of the molecule is CCCCCOc1ccc(/C(O)=C2/C(=O)C(=O)N(CCN(C)C)C2c2ccc(OC(C)=O)cc2)cc1. The molecule has 0 spiro atoms. The molecule has 0 bridgehead atoms. The molecule has 1 amide bonds. The number of hydrogen-bond donors (Lipinski definition) is 1. The number of unbranched alkanes of at least 4 members (excludes halogenated alkanes) is 2. The maximum atomic E-state index is 13.1. The maximum absolute atomic E-state index is 13.1. The van der Waals surface area contributed by atoms with E-state index in [4.69, 9.17) is 9.47 Å². The van der Waals surface area contributed by atoms with E-state index >= 15 is 0 Å². The third-order valence-electron chi connectivity index (χ3n) is 5.93. The second kappa shape index (κ2) is 12.4. The van der Waals surface area contributed by atoms with Crippen LogP contribution in [0.5, 0.6) is 11.5 Å². The zero-order valence-electron chi connectivity index (χ0n) is 21.3. The molecule has 2 aromatic rings. The molecule has 1 fully saturated rings. The molecule has 1 aliphatic rings. The average molecular weight is 495 g/mol. The number of benzene rings is 2. The molecule has 1 saturated heterocycles. The van der Waals surface area contributed by atoms with Gasteiger partial charge in [-0.1, -0.05) is 31.9 Å². The third-order valence-corrected chi connectivity index (χ3v) is 5.93. The van der Waals surface area contributed by atoms with Crippen molar-refractivity contribution < 1.29 is 29.0 Å². The lowest BCUT2D eigenvalue weighted by atomic mass is 9.95. The van der Waals surface area contributed by atoms with E-state index in [0.717, 1.165) is 19.3 Å². The summed E-state index contributed by atoms with van der Waals surface area (Å²) in [6, 6.07) is 12.7. The highest BCUT2D eigenvalue weighted by atomic mass is 16.5. The van der Waals surface area contributed by atoms with Crippen molar-refractivity contribution in [1.29, 1.82) is 0 Å². The first-order valence-electron chi connectivity index (χ1n) is 12.2. The van der Waals surface area contributed by atoms with Crippen molar-refractivity contribution >= 4 is 23.4 Å². The molecule has 3 rings (SSSR count). The van der Waals surface area contributed by atoms with Crippen molar-refractivity contribution in [1.82, 2.24) is 9.80 Å². The molecule has 0 saturated carbocycles. The van der Waals surface area contributed by atoms with Crippen molar-refractivity contribution in [2.45, 2.75) is 39.2 Å². The summed E-state index contributed by atoms with van der Waals surface area (Å²) in [5.41, 5.74) is 1.07. The van der Waals surface area contributed by atoms with Crippen molar-refractivity contribution in [3.63, 3.8) is 0 Å². The minimum absolute atomic E-state index is 0.0237. The van der Waals surface area contributed by atoms with Crippen LogP contribution in [-0.2, 0) is 14.4 Å². The van der Waals surface area contributed by atoms with Gasteiger partial charge in [0.2, 0.25) is 0 Å². The summed E-state index contributed by atoms with van der Waals surface area (Å²) in [6.07, 6.45) is 3.16. The molecule has 36 heavy (non-hydrogen) atoms. The monoisotopic (exact) mass is 494 g/mol. The summed E-state index contributed by atoms with van der Waals surface area (Å²) < 4.78 is 10.8. The lowest BCUT2D eigenvalue weighted by Gasteiger charge is -2.26. The molecule has 0 radical (unpaired) electrons. The van der Waals surface area contributed by atoms with Gasteiger partial charge in [0.15, 0.2) is 0 Å². The van der Waals surface area contributed by atoms with Crippen molar-refractivity contribution in [3.8, 4) is 11.5 Å². The van der Waals surface area contributed by atoms with Gasteiger partial charge < -0.3 is 24.4 Å². The molecule has 1 heterocycles. The van der Waals surface area contributed by atoms with Crippen LogP contribution in [0.3, 0.4) is 0 Å². The largest absolute Gasteiger partial charge is 0.507 e. The lowest BCUT2D eigenvalue weighted by Crippen LogP contribution is -2.35. The van der Waals surface area contributed by atoms with Crippen LogP contribution in [0.25, 0.3) is 5.76 Å². The topological polar surface area (TPSA) is 96.4 Å². The van der Waals surface area contributed by atoms with E-state index in [1.165, 1.54) is 11.8 Å². The fourth-order valence-corrected chi connectivity index (χ4v) is 4.06. The minimum Gasteiger partial charge on any atom is -0.507 e. The highest BCUT2D eigenvalue weighted by Gasteiger charge is 2.45. The van der Waals surface area contributed by atoms with Crippen molar-refractivity contribution in [3.05, 3.63) is 65.2 Å². The molecule has 0 aliphatic carbocycles. The number of carbonyl (C=O) groups excluding carboxylic acids is 3. The van der Waals surface area contributed by atoms with Crippen LogP contribution in [-0.4, -0.2) is 66.4 Å². The van der Waals surface area contributed by atoms with Gasteiger partial charge in [-0.3, -0.25) is 14.4 Å².